The number of anilines is 1. The maximum absolute atomic E-state index is 12.2. The SMILES string of the molecule is CCc1ccc(NC(=O)CSc2nnc(C3CCCCC3)n2C)cc1. The average Bonchev–Trinajstić information content (AvgIpc) is 3.02. The lowest BCUT2D eigenvalue weighted by Gasteiger charge is -2.20. The molecule has 6 heteroatoms. The zero-order valence-corrected chi connectivity index (χ0v) is 15.8. The fraction of sp³-hybridized carbons (Fsp3) is 0.526. The molecule has 1 fully saturated rings. The molecule has 1 aliphatic rings. The number of aryl methyl sites for hydroxylation is 1. The molecule has 25 heavy (non-hydrogen) atoms. The molecule has 0 saturated heterocycles. The van der Waals surface area contributed by atoms with Gasteiger partial charge in [0, 0.05) is 18.7 Å². The second-order valence-electron chi connectivity index (χ2n) is 6.62. The number of carbonyl (C=O) groups is 1. The third-order valence-electron chi connectivity index (χ3n) is 4.82. The molecule has 0 bridgehead atoms. The Kier molecular flexibility index (Phi) is 6.13. The van der Waals surface area contributed by atoms with E-state index in [1.165, 1.54) is 49.4 Å². The van der Waals surface area contributed by atoms with Gasteiger partial charge in [0.1, 0.15) is 5.82 Å². The van der Waals surface area contributed by atoms with E-state index in [9.17, 15) is 4.79 Å². The highest BCUT2D eigenvalue weighted by molar-refractivity contribution is 7.99. The molecule has 1 N–H and O–H groups in total. The Morgan fingerprint density at radius 2 is 1.92 bits per heavy atom. The van der Waals surface area contributed by atoms with Crippen LogP contribution in [0.15, 0.2) is 29.4 Å². The van der Waals surface area contributed by atoms with Crippen LogP contribution in [0.4, 0.5) is 5.69 Å². The number of hydrogen-bond acceptors (Lipinski definition) is 4. The summed E-state index contributed by atoms with van der Waals surface area (Å²) in [5.74, 6) is 1.91. The fourth-order valence-corrected chi connectivity index (χ4v) is 4.04. The van der Waals surface area contributed by atoms with E-state index in [1.807, 2.05) is 31.3 Å². The van der Waals surface area contributed by atoms with E-state index in [0.29, 0.717) is 11.7 Å². The third-order valence-corrected chi connectivity index (χ3v) is 5.84. The number of aromatic nitrogens is 3. The predicted octanol–water partition coefficient (Wildman–Crippen LogP) is 4.16. The molecule has 1 aliphatic carbocycles. The third kappa shape index (κ3) is 4.63. The van der Waals surface area contributed by atoms with Gasteiger partial charge in [-0.25, -0.2) is 0 Å². The van der Waals surface area contributed by atoms with Crippen LogP contribution in [0.3, 0.4) is 0 Å². The zero-order chi connectivity index (χ0) is 17.6. The van der Waals surface area contributed by atoms with E-state index >= 15 is 0 Å². The van der Waals surface area contributed by atoms with Gasteiger partial charge in [0.25, 0.3) is 0 Å². The van der Waals surface area contributed by atoms with Crippen molar-refractivity contribution in [1.29, 1.82) is 0 Å². The van der Waals surface area contributed by atoms with Gasteiger partial charge < -0.3 is 9.88 Å². The highest BCUT2D eigenvalue weighted by Gasteiger charge is 2.22. The van der Waals surface area contributed by atoms with Crippen LogP contribution >= 0.6 is 11.8 Å². The largest absolute Gasteiger partial charge is 0.325 e. The first-order valence-corrected chi connectivity index (χ1v) is 10.1. The van der Waals surface area contributed by atoms with Crippen molar-refractivity contribution in [1.82, 2.24) is 14.8 Å². The van der Waals surface area contributed by atoms with Crippen molar-refractivity contribution in [3.05, 3.63) is 35.7 Å². The van der Waals surface area contributed by atoms with Crippen LogP contribution < -0.4 is 5.32 Å². The van der Waals surface area contributed by atoms with Gasteiger partial charge >= 0.3 is 0 Å². The maximum atomic E-state index is 12.2. The molecule has 1 heterocycles. The fourth-order valence-electron chi connectivity index (χ4n) is 3.32. The minimum absolute atomic E-state index is 0.0172. The first kappa shape index (κ1) is 18.0. The van der Waals surface area contributed by atoms with Crippen molar-refractivity contribution in [2.75, 3.05) is 11.1 Å². The Labute approximate surface area is 153 Å². The minimum atomic E-state index is -0.0172. The maximum Gasteiger partial charge on any atom is 0.234 e. The lowest BCUT2D eigenvalue weighted by Crippen LogP contribution is -2.15. The highest BCUT2D eigenvalue weighted by atomic mass is 32.2. The number of nitrogens with zero attached hydrogens (tertiary/aromatic N) is 3. The van der Waals surface area contributed by atoms with Crippen molar-refractivity contribution < 1.29 is 4.79 Å². The summed E-state index contributed by atoms with van der Waals surface area (Å²) in [4.78, 5) is 12.2. The highest BCUT2D eigenvalue weighted by Crippen LogP contribution is 2.32. The van der Waals surface area contributed by atoms with Gasteiger partial charge in [0.05, 0.1) is 5.75 Å². The molecule has 0 unspecified atom stereocenters. The summed E-state index contributed by atoms with van der Waals surface area (Å²) >= 11 is 1.44. The molecule has 1 amide bonds. The van der Waals surface area contributed by atoms with Gasteiger partial charge in [0.2, 0.25) is 5.91 Å². The van der Waals surface area contributed by atoms with Gasteiger partial charge in [0.15, 0.2) is 5.16 Å². The first-order valence-electron chi connectivity index (χ1n) is 9.08. The molecule has 1 aromatic heterocycles. The molecule has 3 rings (SSSR count). The van der Waals surface area contributed by atoms with Crippen molar-refractivity contribution in [3.63, 3.8) is 0 Å². The van der Waals surface area contributed by atoms with Crippen LogP contribution in [0.2, 0.25) is 0 Å². The lowest BCUT2D eigenvalue weighted by atomic mass is 9.89. The minimum Gasteiger partial charge on any atom is -0.325 e. The van der Waals surface area contributed by atoms with Crippen LogP contribution in [0.1, 0.15) is 56.3 Å². The molecular weight excluding hydrogens is 332 g/mol. The monoisotopic (exact) mass is 358 g/mol. The summed E-state index contributed by atoms with van der Waals surface area (Å²) in [5, 5.41) is 12.4. The molecule has 1 saturated carbocycles. The van der Waals surface area contributed by atoms with Crippen LogP contribution in [0, 0.1) is 0 Å². The Bertz CT molecular complexity index is 705. The van der Waals surface area contributed by atoms with Crippen molar-refractivity contribution >= 4 is 23.4 Å². The van der Waals surface area contributed by atoms with Crippen LogP contribution in [-0.2, 0) is 18.3 Å². The van der Waals surface area contributed by atoms with E-state index in [0.717, 1.165) is 23.1 Å². The van der Waals surface area contributed by atoms with E-state index in [4.69, 9.17) is 0 Å². The average molecular weight is 359 g/mol. The van der Waals surface area contributed by atoms with Crippen LogP contribution in [-0.4, -0.2) is 26.4 Å². The number of carbonyl (C=O) groups excluding carboxylic acids is 1. The Hall–Kier alpha value is -1.82. The molecule has 0 radical (unpaired) electrons. The number of thioether (sulfide) groups is 1. The number of nitrogens with one attached hydrogen (secondary N) is 1. The normalized spacial score (nSPS) is 15.3. The zero-order valence-electron chi connectivity index (χ0n) is 15.0. The summed E-state index contributed by atoms with van der Waals surface area (Å²) in [6, 6.07) is 7.99. The quantitative estimate of drug-likeness (QED) is 0.788. The van der Waals surface area contributed by atoms with Crippen molar-refractivity contribution in [2.45, 2.75) is 56.5 Å². The second-order valence-corrected chi connectivity index (χ2v) is 7.56. The van der Waals surface area contributed by atoms with Crippen molar-refractivity contribution in [3.8, 4) is 0 Å². The summed E-state index contributed by atoms with van der Waals surface area (Å²) in [6.07, 6.45) is 7.28. The number of benzene rings is 1. The van der Waals surface area contributed by atoms with Gasteiger partial charge in [-0.2, -0.15) is 0 Å². The summed E-state index contributed by atoms with van der Waals surface area (Å²) < 4.78 is 2.06. The molecule has 0 atom stereocenters. The van der Waals surface area contributed by atoms with E-state index < -0.39 is 0 Å². The number of rotatable bonds is 6. The smallest absolute Gasteiger partial charge is 0.234 e. The summed E-state index contributed by atoms with van der Waals surface area (Å²) in [7, 11) is 2.01. The molecule has 0 spiro atoms. The van der Waals surface area contributed by atoms with Gasteiger partial charge in [-0.05, 0) is 37.0 Å². The Morgan fingerprint density at radius 1 is 1.20 bits per heavy atom. The molecule has 0 aliphatic heterocycles. The van der Waals surface area contributed by atoms with Gasteiger partial charge in [-0.3, -0.25) is 4.79 Å². The standard InChI is InChI=1S/C19H26N4OS/c1-3-14-9-11-16(12-10-14)20-17(24)13-25-19-22-21-18(23(19)2)15-7-5-4-6-8-15/h9-12,15H,3-8,13H2,1-2H3,(H,20,24). The van der Waals surface area contributed by atoms with Crippen LogP contribution in [0.25, 0.3) is 0 Å². The first-order chi connectivity index (χ1) is 12.2. The summed E-state index contributed by atoms with van der Waals surface area (Å²) in [5.41, 5.74) is 2.10. The molecule has 2 aromatic rings. The Balaban J connectivity index is 1.54. The number of amides is 1. The van der Waals surface area contributed by atoms with Crippen molar-refractivity contribution in [2.24, 2.45) is 7.05 Å². The molecular formula is C19H26N4OS. The van der Waals surface area contributed by atoms with E-state index in [-0.39, 0.29) is 5.91 Å². The Morgan fingerprint density at radius 3 is 2.60 bits per heavy atom. The summed E-state index contributed by atoms with van der Waals surface area (Å²) in [6.45, 7) is 2.12. The van der Waals surface area contributed by atoms with Crippen LogP contribution in [0.5, 0.6) is 0 Å². The van der Waals surface area contributed by atoms with Gasteiger partial charge in [-0.1, -0.05) is 50.1 Å². The second kappa shape index (κ2) is 8.52. The van der Waals surface area contributed by atoms with E-state index in [1.54, 1.807) is 0 Å². The predicted molar refractivity (Wildman–Crippen MR) is 102 cm³/mol. The van der Waals surface area contributed by atoms with E-state index in [2.05, 4.69) is 27.0 Å². The molecule has 5 nitrogen and oxygen atoms in total. The molecule has 134 valence electrons. The topological polar surface area (TPSA) is 59.8 Å². The number of hydrogen-bond donors (Lipinski definition) is 1. The molecule has 1 aromatic carbocycles. The van der Waals surface area contributed by atoms with Gasteiger partial charge in [-0.15, -0.1) is 10.2 Å². The lowest BCUT2D eigenvalue weighted by molar-refractivity contribution is -0.113.